The van der Waals surface area contributed by atoms with Crippen LogP contribution in [0.25, 0.3) is 5.76 Å². The van der Waals surface area contributed by atoms with Gasteiger partial charge in [0.1, 0.15) is 0 Å². The lowest BCUT2D eigenvalue weighted by Gasteiger charge is -2.21. The summed E-state index contributed by atoms with van der Waals surface area (Å²) < 4.78 is 11.9. The van der Waals surface area contributed by atoms with E-state index >= 15 is 0 Å². The lowest BCUT2D eigenvalue weighted by Crippen LogP contribution is -2.19. The van der Waals surface area contributed by atoms with Crippen molar-refractivity contribution in [1.29, 1.82) is 0 Å². The van der Waals surface area contributed by atoms with Gasteiger partial charge in [0.2, 0.25) is 0 Å². The summed E-state index contributed by atoms with van der Waals surface area (Å²) in [4.78, 5) is 22.6. The second kappa shape index (κ2) is 8.27. The molecule has 30 heavy (non-hydrogen) atoms. The number of para-hydroxylation sites is 2. The van der Waals surface area contributed by atoms with Crippen LogP contribution < -0.4 is 14.9 Å². The van der Waals surface area contributed by atoms with Crippen molar-refractivity contribution in [2.45, 2.75) is 0 Å². The van der Waals surface area contributed by atoms with Gasteiger partial charge in [-0.25, -0.2) is 5.43 Å². The number of hydrazone groups is 1. The minimum absolute atomic E-state index is 0.116. The number of carbonyl (C=O) groups excluding carboxylic acids is 1. The predicted octanol–water partition coefficient (Wildman–Crippen LogP) is 4.15. The second-order valence-corrected chi connectivity index (χ2v) is 6.22. The van der Waals surface area contributed by atoms with Crippen molar-refractivity contribution in [1.82, 2.24) is 5.43 Å². The number of benzene rings is 3. The Labute approximate surface area is 171 Å². The maximum atomic E-state index is 12.3. The fourth-order valence-electron chi connectivity index (χ4n) is 2.79. The van der Waals surface area contributed by atoms with Gasteiger partial charge in [-0.2, -0.15) is 5.10 Å². The van der Waals surface area contributed by atoms with Gasteiger partial charge >= 0.3 is 0 Å². The summed E-state index contributed by atoms with van der Waals surface area (Å²) in [7, 11) is 0. The van der Waals surface area contributed by atoms with Gasteiger partial charge in [-0.3, -0.25) is 14.9 Å². The van der Waals surface area contributed by atoms with Crippen LogP contribution in [0.4, 0.5) is 5.69 Å². The molecule has 0 bridgehead atoms. The average Bonchev–Trinajstić information content (AvgIpc) is 2.79. The number of hydrogen-bond acceptors (Lipinski definition) is 6. The summed E-state index contributed by atoms with van der Waals surface area (Å²) in [6.07, 6.45) is 1.33. The molecule has 0 saturated carbocycles. The van der Waals surface area contributed by atoms with Gasteiger partial charge in [0.15, 0.2) is 23.0 Å². The van der Waals surface area contributed by atoms with Crippen LogP contribution in [0.15, 0.2) is 89.7 Å². The van der Waals surface area contributed by atoms with E-state index in [-0.39, 0.29) is 11.3 Å². The smallest absolute Gasteiger partial charge is 0.271 e. The first kappa shape index (κ1) is 18.9. The normalized spacial score (nSPS) is 12.7. The molecule has 0 unspecified atom stereocenters. The molecular weight excluding hydrogens is 386 g/mol. The molecule has 1 heterocycles. The third-order valence-electron chi connectivity index (χ3n) is 4.21. The largest absolute Gasteiger partial charge is 0.449 e. The molecule has 3 aromatic rings. The van der Waals surface area contributed by atoms with Gasteiger partial charge in [0.25, 0.3) is 11.6 Å². The third kappa shape index (κ3) is 4.02. The van der Waals surface area contributed by atoms with Crippen LogP contribution in [0.2, 0.25) is 0 Å². The number of carbonyl (C=O) groups is 1. The Morgan fingerprint density at radius 3 is 2.37 bits per heavy atom. The molecule has 0 fully saturated rings. The van der Waals surface area contributed by atoms with Gasteiger partial charge in [-0.05, 0) is 18.2 Å². The number of ether oxygens (including phenoxy) is 2. The number of nitrogens with zero attached hydrogens (tertiary/aromatic N) is 2. The Hall–Kier alpha value is -4.46. The Kier molecular flexibility index (Phi) is 5.21. The Morgan fingerprint density at radius 2 is 1.63 bits per heavy atom. The molecule has 0 atom stereocenters. The number of fused-ring (bicyclic) bond motifs is 1. The highest BCUT2D eigenvalue weighted by atomic mass is 16.6. The minimum Gasteiger partial charge on any atom is -0.449 e. The molecule has 8 heteroatoms. The van der Waals surface area contributed by atoms with Crippen LogP contribution in [0, 0.1) is 10.1 Å². The molecule has 4 rings (SSSR count). The standard InChI is InChI=1S/C22H15N3O5/c26-22(16-9-6-10-17(13-16)25(27)28)24-23-14-20-21(15-7-2-1-3-8-15)30-19-12-5-4-11-18(19)29-20/h1-14H,(H,24,26). The first-order chi connectivity index (χ1) is 14.6. The van der Waals surface area contributed by atoms with Gasteiger partial charge in [0, 0.05) is 23.3 Å². The number of amides is 1. The summed E-state index contributed by atoms with van der Waals surface area (Å²) in [6, 6.07) is 21.9. The SMILES string of the molecule is O=C(NN=CC1=C(c2ccccc2)Oc2ccccc2O1)c1cccc([N+](=O)[O-])c1. The molecule has 0 spiro atoms. The van der Waals surface area contributed by atoms with E-state index in [2.05, 4.69) is 10.5 Å². The van der Waals surface area contributed by atoms with E-state index in [9.17, 15) is 14.9 Å². The highest BCUT2D eigenvalue weighted by Gasteiger charge is 2.21. The van der Waals surface area contributed by atoms with Gasteiger partial charge < -0.3 is 9.47 Å². The highest BCUT2D eigenvalue weighted by Crippen LogP contribution is 2.37. The maximum absolute atomic E-state index is 12.3. The fraction of sp³-hybridized carbons (Fsp3) is 0. The first-order valence-corrected chi connectivity index (χ1v) is 8.94. The molecule has 1 aliphatic rings. The van der Waals surface area contributed by atoms with Gasteiger partial charge in [0.05, 0.1) is 11.1 Å². The lowest BCUT2D eigenvalue weighted by atomic mass is 10.1. The second-order valence-electron chi connectivity index (χ2n) is 6.22. The van der Waals surface area contributed by atoms with Crippen molar-refractivity contribution in [3.8, 4) is 11.5 Å². The third-order valence-corrected chi connectivity index (χ3v) is 4.21. The van der Waals surface area contributed by atoms with E-state index in [1.165, 1.54) is 30.5 Å². The molecule has 1 N–H and O–H groups in total. The lowest BCUT2D eigenvalue weighted by molar-refractivity contribution is -0.384. The number of nitrogens with one attached hydrogen (secondary N) is 1. The Morgan fingerprint density at radius 1 is 0.933 bits per heavy atom. The molecule has 0 saturated heterocycles. The number of non-ortho nitro benzene ring substituents is 1. The van der Waals surface area contributed by atoms with Gasteiger partial charge in [-0.15, -0.1) is 0 Å². The number of rotatable bonds is 5. The molecule has 0 radical (unpaired) electrons. The molecule has 0 aromatic heterocycles. The topological polar surface area (TPSA) is 103 Å². The number of nitro groups is 1. The molecule has 0 aliphatic carbocycles. The number of nitro benzene ring substituents is 1. The van der Waals surface area contributed by atoms with Crippen molar-refractivity contribution in [2.24, 2.45) is 5.10 Å². The zero-order chi connectivity index (χ0) is 20.9. The summed E-state index contributed by atoms with van der Waals surface area (Å²) in [5.41, 5.74) is 3.06. The predicted molar refractivity (Wildman–Crippen MR) is 110 cm³/mol. The van der Waals surface area contributed by atoms with Gasteiger partial charge in [-0.1, -0.05) is 48.5 Å². The summed E-state index contributed by atoms with van der Waals surface area (Å²) in [5.74, 6) is 1.24. The maximum Gasteiger partial charge on any atom is 0.271 e. The zero-order valence-electron chi connectivity index (χ0n) is 15.5. The summed E-state index contributed by atoms with van der Waals surface area (Å²) in [6.45, 7) is 0. The van der Waals surface area contributed by atoms with Crippen LogP contribution >= 0.6 is 0 Å². The molecule has 8 nitrogen and oxygen atoms in total. The first-order valence-electron chi connectivity index (χ1n) is 8.94. The van der Waals surface area contributed by atoms with Crippen molar-refractivity contribution < 1.29 is 19.2 Å². The van der Waals surface area contributed by atoms with E-state index in [0.29, 0.717) is 23.0 Å². The number of allylic oxidation sites excluding steroid dienone is 1. The van der Waals surface area contributed by atoms with Crippen molar-refractivity contribution in [3.05, 3.63) is 106 Å². The van der Waals surface area contributed by atoms with Crippen molar-refractivity contribution in [2.75, 3.05) is 0 Å². The summed E-state index contributed by atoms with van der Waals surface area (Å²) in [5, 5.41) is 14.8. The van der Waals surface area contributed by atoms with Crippen LogP contribution in [0.5, 0.6) is 11.5 Å². The molecule has 1 amide bonds. The fourth-order valence-corrected chi connectivity index (χ4v) is 2.79. The van der Waals surface area contributed by atoms with E-state index in [1.807, 2.05) is 42.5 Å². The highest BCUT2D eigenvalue weighted by molar-refractivity contribution is 5.96. The van der Waals surface area contributed by atoms with Crippen LogP contribution in [-0.2, 0) is 0 Å². The summed E-state index contributed by atoms with van der Waals surface area (Å²) >= 11 is 0. The Balaban J connectivity index is 1.58. The molecule has 3 aromatic carbocycles. The average molecular weight is 401 g/mol. The Bertz CT molecular complexity index is 1170. The molecular formula is C22H15N3O5. The van der Waals surface area contributed by atoms with E-state index in [1.54, 1.807) is 12.1 Å². The quantitative estimate of drug-likeness (QED) is 0.393. The van der Waals surface area contributed by atoms with E-state index in [4.69, 9.17) is 9.47 Å². The molecule has 148 valence electrons. The zero-order valence-corrected chi connectivity index (χ0v) is 15.5. The van der Waals surface area contributed by atoms with Crippen LogP contribution in [-0.4, -0.2) is 17.0 Å². The van der Waals surface area contributed by atoms with Crippen molar-refractivity contribution >= 4 is 23.6 Å². The van der Waals surface area contributed by atoms with Crippen LogP contribution in [0.3, 0.4) is 0 Å². The molecule has 1 aliphatic heterocycles. The number of hydrogen-bond donors (Lipinski definition) is 1. The van der Waals surface area contributed by atoms with Crippen molar-refractivity contribution in [3.63, 3.8) is 0 Å². The minimum atomic E-state index is -0.589. The van der Waals surface area contributed by atoms with E-state index in [0.717, 1.165) is 5.56 Å². The van der Waals surface area contributed by atoms with E-state index < -0.39 is 10.8 Å². The monoisotopic (exact) mass is 401 g/mol. The van der Waals surface area contributed by atoms with Crippen LogP contribution in [0.1, 0.15) is 15.9 Å².